The first-order valence-corrected chi connectivity index (χ1v) is 8.74. The van der Waals surface area contributed by atoms with E-state index in [0.717, 1.165) is 6.42 Å². The number of hydrogen-bond acceptors (Lipinski definition) is 1. The first-order chi connectivity index (χ1) is 6.25. The summed E-state index contributed by atoms with van der Waals surface area (Å²) in [6, 6.07) is 0. The molecular formula is C12H27NSi. The van der Waals surface area contributed by atoms with Crippen LogP contribution in [0.3, 0.4) is 0 Å². The van der Waals surface area contributed by atoms with Crippen molar-refractivity contribution in [1.82, 2.24) is 0 Å². The van der Waals surface area contributed by atoms with Crippen LogP contribution in [0.15, 0.2) is 4.66 Å². The molecule has 0 aliphatic rings. The van der Waals surface area contributed by atoms with E-state index in [1.165, 1.54) is 6.42 Å². The van der Waals surface area contributed by atoms with E-state index in [-0.39, 0.29) is 0 Å². The van der Waals surface area contributed by atoms with Crippen molar-refractivity contribution in [2.75, 3.05) is 0 Å². The van der Waals surface area contributed by atoms with Crippen LogP contribution < -0.4 is 0 Å². The van der Waals surface area contributed by atoms with Gasteiger partial charge in [-0.2, -0.15) is 0 Å². The molecule has 0 amide bonds. The summed E-state index contributed by atoms with van der Waals surface area (Å²) >= 11 is 0. The molecular weight excluding hydrogens is 186 g/mol. The molecule has 14 heavy (non-hydrogen) atoms. The van der Waals surface area contributed by atoms with Crippen LogP contribution in [0.2, 0.25) is 18.1 Å². The van der Waals surface area contributed by atoms with Gasteiger partial charge in [0.1, 0.15) is 0 Å². The third kappa shape index (κ3) is 3.23. The Morgan fingerprint density at radius 1 is 1.29 bits per heavy atom. The van der Waals surface area contributed by atoms with Gasteiger partial charge in [-0.15, -0.1) is 0 Å². The summed E-state index contributed by atoms with van der Waals surface area (Å²) in [5, 5.41) is 0.386. The maximum absolute atomic E-state index is 4.85. The van der Waals surface area contributed by atoms with Crippen LogP contribution in [-0.4, -0.2) is 14.5 Å². The van der Waals surface area contributed by atoms with E-state index in [1.807, 2.05) is 0 Å². The van der Waals surface area contributed by atoms with Gasteiger partial charge in [-0.25, -0.2) is 0 Å². The van der Waals surface area contributed by atoms with E-state index in [2.05, 4.69) is 53.9 Å². The second-order valence-electron chi connectivity index (χ2n) is 5.54. The number of rotatable bonds is 5. The maximum atomic E-state index is 4.85. The lowest BCUT2D eigenvalue weighted by atomic mass is 9.99. The quantitative estimate of drug-likeness (QED) is 0.471. The molecule has 2 heteroatoms. The van der Waals surface area contributed by atoms with E-state index in [1.54, 1.807) is 0 Å². The van der Waals surface area contributed by atoms with E-state index < -0.39 is 8.24 Å². The third-order valence-corrected chi connectivity index (χ3v) is 8.41. The summed E-state index contributed by atoms with van der Waals surface area (Å²) in [6.45, 7) is 16.3. The fourth-order valence-corrected chi connectivity index (χ4v) is 3.63. The number of unbranched alkanes of at least 4 members (excludes halogenated alkanes) is 1. The molecule has 0 fully saturated rings. The molecule has 0 aromatic rings. The largest absolute Gasteiger partial charge is 0.333 e. The Labute approximate surface area is 91.1 Å². The predicted molar refractivity (Wildman–Crippen MR) is 69.8 cm³/mol. The summed E-state index contributed by atoms with van der Waals surface area (Å²) in [5.41, 5.74) is 0. The monoisotopic (exact) mass is 213 g/mol. The van der Waals surface area contributed by atoms with Crippen LogP contribution in [-0.2, 0) is 0 Å². The Kier molecular flexibility index (Phi) is 5.06. The molecule has 0 rings (SSSR count). The molecule has 0 saturated heterocycles. The highest BCUT2D eigenvalue weighted by Crippen LogP contribution is 2.44. The van der Waals surface area contributed by atoms with Crippen LogP contribution >= 0.6 is 0 Å². The average molecular weight is 213 g/mol. The second kappa shape index (κ2) is 5.10. The predicted octanol–water partition coefficient (Wildman–Crippen LogP) is 4.50. The van der Waals surface area contributed by atoms with Gasteiger partial charge in [-0.05, 0) is 36.7 Å². The Morgan fingerprint density at radius 3 is 2.14 bits per heavy atom. The molecule has 0 bridgehead atoms. The maximum Gasteiger partial charge on any atom is 0.180 e. The average Bonchev–Trinajstić information content (AvgIpc) is 2.04. The van der Waals surface area contributed by atoms with Crippen molar-refractivity contribution >= 4 is 14.5 Å². The van der Waals surface area contributed by atoms with Crippen LogP contribution in [0.5, 0.6) is 0 Å². The molecule has 0 radical (unpaired) electrons. The van der Waals surface area contributed by atoms with Crippen molar-refractivity contribution in [2.24, 2.45) is 10.6 Å². The lowest BCUT2D eigenvalue weighted by Gasteiger charge is -2.40. The summed E-state index contributed by atoms with van der Waals surface area (Å²) in [6.07, 6.45) is 4.48. The van der Waals surface area contributed by atoms with E-state index in [0.29, 0.717) is 11.0 Å². The SMILES string of the molecule is CCC/C=N/[Si](C)(C)C(C)(C)C(C)C. The minimum absolute atomic E-state index is 0.386. The van der Waals surface area contributed by atoms with Crippen molar-refractivity contribution in [1.29, 1.82) is 0 Å². The van der Waals surface area contributed by atoms with Crippen LogP contribution in [0.4, 0.5) is 0 Å². The van der Waals surface area contributed by atoms with Gasteiger partial charge in [0.05, 0.1) is 0 Å². The van der Waals surface area contributed by atoms with Gasteiger partial charge in [0.25, 0.3) is 0 Å². The Hall–Kier alpha value is -0.113. The van der Waals surface area contributed by atoms with Crippen LogP contribution in [0.1, 0.15) is 47.5 Å². The first kappa shape index (κ1) is 13.9. The van der Waals surface area contributed by atoms with Gasteiger partial charge in [0.2, 0.25) is 0 Å². The van der Waals surface area contributed by atoms with Gasteiger partial charge >= 0.3 is 0 Å². The van der Waals surface area contributed by atoms with Gasteiger partial charge in [-0.1, -0.05) is 41.0 Å². The molecule has 0 N–H and O–H groups in total. The Bertz CT molecular complexity index is 192. The molecule has 0 saturated carbocycles. The summed E-state index contributed by atoms with van der Waals surface area (Å²) in [7, 11) is -1.46. The first-order valence-electron chi connectivity index (χ1n) is 5.79. The van der Waals surface area contributed by atoms with Crippen LogP contribution in [0.25, 0.3) is 0 Å². The van der Waals surface area contributed by atoms with Crippen molar-refractivity contribution in [2.45, 2.75) is 65.6 Å². The molecule has 0 atom stereocenters. The highest BCUT2D eigenvalue weighted by atomic mass is 28.3. The standard InChI is InChI=1S/C12H27NSi/c1-8-9-10-13-14(6,7)12(4,5)11(2)3/h10-11H,8-9H2,1-7H3/b13-10+. The highest BCUT2D eigenvalue weighted by Gasteiger charge is 2.41. The molecule has 0 aromatic heterocycles. The summed E-state index contributed by atoms with van der Waals surface area (Å²) < 4.78 is 4.85. The van der Waals surface area contributed by atoms with Gasteiger partial charge in [0.15, 0.2) is 8.24 Å². The number of hydrogen-bond donors (Lipinski definition) is 0. The molecule has 0 aliphatic carbocycles. The smallest absolute Gasteiger partial charge is 0.180 e. The zero-order valence-electron chi connectivity index (χ0n) is 11.0. The minimum Gasteiger partial charge on any atom is -0.333 e. The lowest BCUT2D eigenvalue weighted by molar-refractivity contribution is 0.457. The fourth-order valence-electron chi connectivity index (χ4n) is 1.29. The van der Waals surface area contributed by atoms with E-state index >= 15 is 0 Å². The Balaban J connectivity index is 4.59. The molecule has 0 spiro atoms. The normalized spacial score (nSPS) is 14.3. The van der Waals surface area contributed by atoms with E-state index in [9.17, 15) is 0 Å². The molecule has 0 heterocycles. The Morgan fingerprint density at radius 2 is 1.79 bits per heavy atom. The summed E-state index contributed by atoms with van der Waals surface area (Å²) in [4.78, 5) is 0. The fraction of sp³-hybridized carbons (Fsp3) is 0.917. The molecule has 0 aromatic carbocycles. The minimum atomic E-state index is -1.46. The molecule has 0 aliphatic heterocycles. The third-order valence-electron chi connectivity index (χ3n) is 3.85. The van der Waals surface area contributed by atoms with Gasteiger partial charge in [0, 0.05) is 0 Å². The topological polar surface area (TPSA) is 12.4 Å². The van der Waals surface area contributed by atoms with Crippen LogP contribution in [0, 0.1) is 5.92 Å². The number of nitrogens with zero attached hydrogens (tertiary/aromatic N) is 1. The highest BCUT2D eigenvalue weighted by molar-refractivity contribution is 6.79. The van der Waals surface area contributed by atoms with Crippen molar-refractivity contribution in [3.63, 3.8) is 0 Å². The van der Waals surface area contributed by atoms with Crippen molar-refractivity contribution in [3.8, 4) is 0 Å². The van der Waals surface area contributed by atoms with Gasteiger partial charge in [-0.3, -0.25) is 0 Å². The molecule has 1 nitrogen and oxygen atoms in total. The second-order valence-corrected chi connectivity index (χ2v) is 10.2. The van der Waals surface area contributed by atoms with Crippen molar-refractivity contribution < 1.29 is 0 Å². The molecule has 0 unspecified atom stereocenters. The summed E-state index contributed by atoms with van der Waals surface area (Å²) in [5.74, 6) is 0.711. The zero-order chi connectivity index (χ0) is 11.4. The molecule has 84 valence electrons. The van der Waals surface area contributed by atoms with E-state index in [4.69, 9.17) is 4.66 Å². The lowest BCUT2D eigenvalue weighted by Crippen LogP contribution is -2.40. The van der Waals surface area contributed by atoms with Crippen molar-refractivity contribution in [3.05, 3.63) is 0 Å². The van der Waals surface area contributed by atoms with Gasteiger partial charge < -0.3 is 4.66 Å². The zero-order valence-corrected chi connectivity index (χ0v) is 12.0.